The van der Waals surface area contributed by atoms with Crippen molar-refractivity contribution in [3.05, 3.63) is 22.4 Å². The van der Waals surface area contributed by atoms with Gasteiger partial charge in [-0.1, -0.05) is 0 Å². The zero-order valence-corrected chi connectivity index (χ0v) is 13.6. The number of urea groups is 1. The number of thiophene rings is 1. The van der Waals surface area contributed by atoms with Crippen LogP contribution < -0.4 is 10.6 Å². The third-order valence-electron chi connectivity index (χ3n) is 3.66. The maximum absolute atomic E-state index is 11.8. The van der Waals surface area contributed by atoms with E-state index in [1.54, 1.807) is 6.92 Å². The standard InChI is InChI=1S/C14H22N2O2S2/c1-13(5-3-6-20-13)9-15-12(17)16-10-14(2,18)11-4-7-19-8-11/h4,7-8,18H,3,5-6,9-10H2,1-2H3,(H2,15,16,17). The lowest BCUT2D eigenvalue weighted by Gasteiger charge is -2.25. The minimum atomic E-state index is -1.02. The van der Waals surface area contributed by atoms with Crippen LogP contribution >= 0.6 is 23.1 Å². The van der Waals surface area contributed by atoms with Gasteiger partial charge in [-0.15, -0.1) is 0 Å². The monoisotopic (exact) mass is 314 g/mol. The summed E-state index contributed by atoms with van der Waals surface area (Å²) in [6, 6.07) is 1.66. The number of amides is 2. The molecule has 2 rings (SSSR count). The first-order valence-electron chi connectivity index (χ1n) is 6.82. The Hall–Kier alpha value is -0.720. The Morgan fingerprint density at radius 3 is 2.95 bits per heavy atom. The largest absolute Gasteiger partial charge is 0.384 e. The summed E-state index contributed by atoms with van der Waals surface area (Å²) in [5, 5.41) is 19.8. The number of carbonyl (C=O) groups is 1. The highest BCUT2D eigenvalue weighted by atomic mass is 32.2. The predicted octanol–water partition coefficient (Wildman–Crippen LogP) is 2.54. The van der Waals surface area contributed by atoms with Crippen LogP contribution in [-0.2, 0) is 5.60 Å². The van der Waals surface area contributed by atoms with Crippen LogP contribution in [0.2, 0.25) is 0 Å². The Morgan fingerprint density at radius 1 is 1.55 bits per heavy atom. The Kier molecular flexibility index (Phi) is 4.99. The second kappa shape index (κ2) is 6.37. The van der Waals surface area contributed by atoms with Gasteiger partial charge in [-0.05, 0) is 54.8 Å². The van der Waals surface area contributed by atoms with Crippen LogP contribution in [0.1, 0.15) is 32.3 Å². The molecule has 1 aromatic heterocycles. The second-order valence-electron chi connectivity index (χ2n) is 5.72. The molecular formula is C14H22N2O2S2. The fourth-order valence-electron chi connectivity index (χ4n) is 2.23. The van der Waals surface area contributed by atoms with Crippen LogP contribution in [-0.4, -0.2) is 34.7 Å². The first-order chi connectivity index (χ1) is 9.41. The molecule has 2 amide bonds. The third-order valence-corrected chi connectivity index (χ3v) is 5.88. The first kappa shape index (κ1) is 15.7. The van der Waals surface area contributed by atoms with Crippen molar-refractivity contribution < 1.29 is 9.90 Å². The van der Waals surface area contributed by atoms with Gasteiger partial charge in [0.2, 0.25) is 0 Å². The van der Waals surface area contributed by atoms with E-state index >= 15 is 0 Å². The lowest BCUT2D eigenvalue weighted by Crippen LogP contribution is -2.46. The van der Waals surface area contributed by atoms with Crippen molar-refractivity contribution in [2.24, 2.45) is 0 Å². The number of carbonyl (C=O) groups excluding carboxylic acids is 1. The van der Waals surface area contributed by atoms with Gasteiger partial charge in [0, 0.05) is 11.3 Å². The molecule has 0 bridgehead atoms. The van der Waals surface area contributed by atoms with Gasteiger partial charge in [0.25, 0.3) is 0 Å². The van der Waals surface area contributed by atoms with Gasteiger partial charge in [0.15, 0.2) is 0 Å². The van der Waals surface area contributed by atoms with Gasteiger partial charge >= 0.3 is 6.03 Å². The van der Waals surface area contributed by atoms with E-state index in [9.17, 15) is 9.90 Å². The van der Waals surface area contributed by atoms with Crippen molar-refractivity contribution in [2.75, 3.05) is 18.8 Å². The maximum atomic E-state index is 11.8. The first-order valence-corrected chi connectivity index (χ1v) is 8.75. The van der Waals surface area contributed by atoms with E-state index in [4.69, 9.17) is 0 Å². The summed E-state index contributed by atoms with van der Waals surface area (Å²) in [5.41, 5.74) is -0.190. The molecule has 0 aromatic carbocycles. The molecule has 1 aliphatic rings. The van der Waals surface area contributed by atoms with Crippen molar-refractivity contribution >= 4 is 29.1 Å². The molecule has 1 saturated heterocycles. The lowest BCUT2D eigenvalue weighted by atomic mass is 9.99. The van der Waals surface area contributed by atoms with Gasteiger partial charge in [0.05, 0.1) is 6.54 Å². The minimum Gasteiger partial charge on any atom is -0.384 e. The molecule has 0 aliphatic carbocycles. The molecule has 4 nitrogen and oxygen atoms in total. The molecule has 112 valence electrons. The number of rotatable bonds is 5. The van der Waals surface area contributed by atoms with Crippen LogP contribution in [0.5, 0.6) is 0 Å². The Bertz CT molecular complexity index is 440. The quantitative estimate of drug-likeness (QED) is 0.783. The zero-order chi connectivity index (χ0) is 14.6. The van der Waals surface area contributed by atoms with E-state index < -0.39 is 5.60 Å². The molecule has 2 unspecified atom stereocenters. The minimum absolute atomic E-state index is 0.160. The molecular weight excluding hydrogens is 292 g/mol. The molecule has 2 heterocycles. The molecule has 0 spiro atoms. The molecule has 1 aromatic rings. The summed E-state index contributed by atoms with van der Waals surface area (Å²) < 4.78 is 0.160. The highest BCUT2D eigenvalue weighted by molar-refractivity contribution is 8.00. The van der Waals surface area contributed by atoms with E-state index in [0.29, 0.717) is 6.54 Å². The van der Waals surface area contributed by atoms with Crippen LogP contribution in [0.15, 0.2) is 16.8 Å². The fourth-order valence-corrected chi connectivity index (χ4v) is 4.26. The van der Waals surface area contributed by atoms with Crippen LogP contribution in [0.3, 0.4) is 0 Å². The topological polar surface area (TPSA) is 61.4 Å². The zero-order valence-electron chi connectivity index (χ0n) is 11.9. The van der Waals surface area contributed by atoms with E-state index in [1.807, 2.05) is 28.6 Å². The van der Waals surface area contributed by atoms with Crippen LogP contribution in [0, 0.1) is 0 Å². The summed E-state index contributed by atoms with van der Waals surface area (Å²) in [6.45, 7) is 4.78. The van der Waals surface area contributed by atoms with Gasteiger partial charge in [-0.25, -0.2) is 4.79 Å². The summed E-state index contributed by atoms with van der Waals surface area (Å²) in [7, 11) is 0. The smallest absolute Gasteiger partial charge is 0.314 e. The van der Waals surface area contributed by atoms with Crippen molar-refractivity contribution in [1.82, 2.24) is 10.6 Å². The maximum Gasteiger partial charge on any atom is 0.314 e. The summed E-state index contributed by atoms with van der Waals surface area (Å²) >= 11 is 3.45. The fraction of sp³-hybridized carbons (Fsp3) is 0.643. The van der Waals surface area contributed by atoms with Gasteiger partial charge in [0.1, 0.15) is 5.60 Å². The van der Waals surface area contributed by atoms with Crippen molar-refractivity contribution in [1.29, 1.82) is 0 Å². The number of aliphatic hydroxyl groups is 1. The van der Waals surface area contributed by atoms with Gasteiger partial charge < -0.3 is 15.7 Å². The van der Waals surface area contributed by atoms with Crippen LogP contribution in [0.4, 0.5) is 4.79 Å². The van der Waals surface area contributed by atoms with E-state index in [2.05, 4.69) is 17.6 Å². The molecule has 0 saturated carbocycles. The average molecular weight is 314 g/mol. The van der Waals surface area contributed by atoms with E-state index in [-0.39, 0.29) is 17.3 Å². The average Bonchev–Trinajstić information content (AvgIpc) is 3.06. The second-order valence-corrected chi connectivity index (χ2v) is 8.19. The van der Waals surface area contributed by atoms with Crippen molar-refractivity contribution in [3.63, 3.8) is 0 Å². The Balaban J connectivity index is 1.75. The van der Waals surface area contributed by atoms with Crippen LogP contribution in [0.25, 0.3) is 0 Å². The SMILES string of the molecule is CC1(CNC(=O)NCC(C)(O)c2ccsc2)CCCS1. The molecule has 0 radical (unpaired) electrons. The van der Waals surface area contributed by atoms with Gasteiger partial charge in [-0.2, -0.15) is 23.1 Å². The molecule has 20 heavy (non-hydrogen) atoms. The Labute approximate surface area is 128 Å². The molecule has 6 heteroatoms. The normalized spacial score (nSPS) is 25.1. The van der Waals surface area contributed by atoms with Crippen molar-refractivity contribution in [2.45, 2.75) is 37.0 Å². The number of hydrogen-bond acceptors (Lipinski definition) is 4. The molecule has 1 fully saturated rings. The molecule has 2 atom stereocenters. The van der Waals surface area contributed by atoms with E-state index in [1.165, 1.54) is 23.5 Å². The highest BCUT2D eigenvalue weighted by Gasteiger charge is 2.30. The van der Waals surface area contributed by atoms with E-state index in [0.717, 1.165) is 12.0 Å². The third kappa shape index (κ3) is 4.14. The predicted molar refractivity (Wildman–Crippen MR) is 85.4 cm³/mol. The number of hydrogen-bond donors (Lipinski definition) is 3. The lowest BCUT2D eigenvalue weighted by molar-refractivity contribution is 0.0598. The Morgan fingerprint density at radius 2 is 2.35 bits per heavy atom. The molecule has 3 N–H and O–H groups in total. The van der Waals surface area contributed by atoms with Crippen molar-refractivity contribution in [3.8, 4) is 0 Å². The summed E-state index contributed by atoms with van der Waals surface area (Å²) in [5.74, 6) is 1.17. The van der Waals surface area contributed by atoms with Gasteiger partial charge in [-0.3, -0.25) is 0 Å². The number of thioether (sulfide) groups is 1. The summed E-state index contributed by atoms with van der Waals surface area (Å²) in [4.78, 5) is 11.8. The summed E-state index contributed by atoms with van der Waals surface area (Å²) in [6.07, 6.45) is 2.36. The molecule has 1 aliphatic heterocycles. The highest BCUT2D eigenvalue weighted by Crippen LogP contribution is 2.36. The number of nitrogens with one attached hydrogen (secondary N) is 2.